The molecule has 7 nitrogen and oxygen atoms in total. The van der Waals surface area contributed by atoms with E-state index in [1.165, 1.54) is 0 Å². The van der Waals surface area contributed by atoms with Crippen LogP contribution in [0.4, 0.5) is 16.2 Å². The van der Waals surface area contributed by atoms with Gasteiger partial charge >= 0.3 is 6.09 Å². The van der Waals surface area contributed by atoms with Crippen LogP contribution in [-0.2, 0) is 16.1 Å². The summed E-state index contributed by atoms with van der Waals surface area (Å²) in [5.41, 5.74) is 7.55. The lowest BCUT2D eigenvalue weighted by Crippen LogP contribution is -2.28. The van der Waals surface area contributed by atoms with Crippen molar-refractivity contribution in [3.63, 3.8) is 0 Å². The van der Waals surface area contributed by atoms with Gasteiger partial charge in [0.1, 0.15) is 29.8 Å². The van der Waals surface area contributed by atoms with Gasteiger partial charge in [0.2, 0.25) is 0 Å². The van der Waals surface area contributed by atoms with Gasteiger partial charge in [-0.2, -0.15) is 0 Å². The highest BCUT2D eigenvalue weighted by Crippen LogP contribution is 2.26. The number of nitrogens with two attached hydrogens (primary N) is 1. The van der Waals surface area contributed by atoms with Gasteiger partial charge in [-0.05, 0) is 76.1 Å². The number of hydrogen-bond acceptors (Lipinski definition) is 6. The third-order valence-electron chi connectivity index (χ3n) is 4.39. The third kappa shape index (κ3) is 6.84. The molecule has 1 fully saturated rings. The van der Waals surface area contributed by atoms with Gasteiger partial charge in [0.25, 0.3) is 0 Å². The van der Waals surface area contributed by atoms with Crippen molar-refractivity contribution >= 4 is 17.5 Å². The largest absolute Gasteiger partial charge is 0.489 e. The number of nitrogens with one attached hydrogen (secondary N) is 1. The van der Waals surface area contributed by atoms with Crippen molar-refractivity contribution in [3.8, 4) is 11.5 Å². The number of carbonyl (C=O) groups is 1. The zero-order chi connectivity index (χ0) is 21.6. The lowest BCUT2D eigenvalue weighted by Gasteiger charge is -2.24. The van der Waals surface area contributed by atoms with Gasteiger partial charge in [0.05, 0.1) is 6.61 Å². The zero-order valence-corrected chi connectivity index (χ0v) is 17.8. The van der Waals surface area contributed by atoms with Gasteiger partial charge in [0.15, 0.2) is 0 Å². The summed E-state index contributed by atoms with van der Waals surface area (Å²) in [4.78, 5) is 11.9. The van der Waals surface area contributed by atoms with Crippen molar-refractivity contribution in [2.75, 3.05) is 24.3 Å². The van der Waals surface area contributed by atoms with Crippen LogP contribution in [0.25, 0.3) is 0 Å². The van der Waals surface area contributed by atoms with Crippen LogP contribution in [0.3, 0.4) is 0 Å². The van der Waals surface area contributed by atoms with Crippen LogP contribution in [0.2, 0.25) is 0 Å². The van der Waals surface area contributed by atoms with Crippen molar-refractivity contribution in [1.29, 1.82) is 0 Å². The average Bonchev–Trinajstić information content (AvgIpc) is 2.68. The minimum Gasteiger partial charge on any atom is -0.489 e. The van der Waals surface area contributed by atoms with E-state index in [0.717, 1.165) is 30.8 Å². The van der Waals surface area contributed by atoms with E-state index in [1.807, 2.05) is 39.0 Å². The third-order valence-corrected chi connectivity index (χ3v) is 4.39. The average molecular weight is 415 g/mol. The molecule has 30 heavy (non-hydrogen) atoms. The number of anilines is 2. The number of ether oxygens (including phenoxy) is 4. The maximum Gasteiger partial charge on any atom is 0.412 e. The molecule has 0 bridgehead atoms. The van der Waals surface area contributed by atoms with Crippen LogP contribution in [0.15, 0.2) is 42.5 Å². The van der Waals surface area contributed by atoms with E-state index in [4.69, 9.17) is 24.7 Å². The number of nitrogen functional groups attached to an aromatic ring is 1. The first-order valence-electron chi connectivity index (χ1n) is 10.1. The van der Waals surface area contributed by atoms with E-state index >= 15 is 0 Å². The molecule has 1 aliphatic rings. The maximum atomic E-state index is 11.9. The van der Waals surface area contributed by atoms with E-state index in [2.05, 4.69) is 5.32 Å². The van der Waals surface area contributed by atoms with E-state index < -0.39 is 11.7 Å². The molecule has 0 saturated carbocycles. The molecule has 3 rings (SSSR count). The summed E-state index contributed by atoms with van der Waals surface area (Å²) in [6.45, 7) is 7.15. The quantitative estimate of drug-likeness (QED) is 0.663. The molecule has 0 aromatic heterocycles. The molecule has 1 aliphatic heterocycles. The SMILES string of the molecule is CC(C)(C)OC(=O)Nc1ccc(OCc2cc(N)ccc2OC2CCCOC2)cc1. The first-order valence-corrected chi connectivity index (χ1v) is 10.1. The number of benzene rings is 2. The van der Waals surface area contributed by atoms with Crippen LogP contribution in [0.1, 0.15) is 39.2 Å². The molecule has 7 heteroatoms. The predicted octanol–water partition coefficient (Wildman–Crippen LogP) is 4.75. The molecule has 3 N–H and O–H groups in total. The van der Waals surface area contributed by atoms with E-state index in [9.17, 15) is 4.79 Å². The highest BCUT2D eigenvalue weighted by molar-refractivity contribution is 5.84. The van der Waals surface area contributed by atoms with Gasteiger partial charge in [-0.15, -0.1) is 0 Å². The number of amides is 1. The van der Waals surface area contributed by atoms with Crippen molar-refractivity contribution in [1.82, 2.24) is 0 Å². The summed E-state index contributed by atoms with van der Waals surface area (Å²) in [7, 11) is 0. The van der Waals surface area contributed by atoms with Crippen molar-refractivity contribution < 1.29 is 23.7 Å². The second kappa shape index (κ2) is 9.71. The fourth-order valence-corrected chi connectivity index (χ4v) is 3.03. The van der Waals surface area contributed by atoms with Crippen LogP contribution in [0.5, 0.6) is 11.5 Å². The second-order valence-corrected chi connectivity index (χ2v) is 8.26. The summed E-state index contributed by atoms with van der Waals surface area (Å²) in [6, 6.07) is 12.6. The van der Waals surface area contributed by atoms with Gasteiger partial charge < -0.3 is 24.7 Å². The first-order chi connectivity index (χ1) is 14.3. The number of hydrogen-bond donors (Lipinski definition) is 2. The molecule has 1 amide bonds. The summed E-state index contributed by atoms with van der Waals surface area (Å²) in [5, 5.41) is 2.70. The monoisotopic (exact) mass is 414 g/mol. The standard InChI is InChI=1S/C23H30N2O5/c1-23(2,3)30-22(26)25-18-7-9-19(10-8-18)28-14-16-13-17(24)6-11-21(16)29-20-5-4-12-27-15-20/h6-11,13,20H,4-5,12,14-15,24H2,1-3H3,(H,25,26). The highest BCUT2D eigenvalue weighted by atomic mass is 16.6. The fraction of sp³-hybridized carbons (Fsp3) is 0.435. The molecule has 0 radical (unpaired) electrons. The van der Waals surface area contributed by atoms with Crippen molar-refractivity contribution in [2.24, 2.45) is 0 Å². The highest BCUT2D eigenvalue weighted by Gasteiger charge is 2.18. The molecular formula is C23H30N2O5. The lowest BCUT2D eigenvalue weighted by atomic mass is 10.1. The van der Waals surface area contributed by atoms with E-state index in [0.29, 0.717) is 30.3 Å². The second-order valence-electron chi connectivity index (χ2n) is 8.26. The Morgan fingerprint density at radius 1 is 1.20 bits per heavy atom. The smallest absolute Gasteiger partial charge is 0.412 e. The summed E-state index contributed by atoms with van der Waals surface area (Å²) in [5.74, 6) is 1.42. The molecule has 2 aromatic carbocycles. The Labute approximate surface area is 177 Å². The fourth-order valence-electron chi connectivity index (χ4n) is 3.03. The number of rotatable bonds is 6. The Morgan fingerprint density at radius 2 is 1.97 bits per heavy atom. The Bertz CT molecular complexity index is 840. The van der Waals surface area contributed by atoms with Crippen LogP contribution in [-0.4, -0.2) is 31.0 Å². The molecule has 1 heterocycles. The summed E-state index contributed by atoms with van der Waals surface area (Å²) >= 11 is 0. The molecule has 0 spiro atoms. The van der Waals surface area contributed by atoms with Crippen LogP contribution >= 0.6 is 0 Å². The minimum absolute atomic E-state index is 0.0411. The molecule has 2 aromatic rings. The Kier molecular flexibility index (Phi) is 7.05. The van der Waals surface area contributed by atoms with Crippen molar-refractivity contribution in [3.05, 3.63) is 48.0 Å². The lowest BCUT2D eigenvalue weighted by molar-refractivity contribution is 0.00670. The van der Waals surface area contributed by atoms with Crippen LogP contribution < -0.4 is 20.5 Å². The van der Waals surface area contributed by atoms with Gasteiger partial charge in [-0.1, -0.05) is 0 Å². The van der Waals surface area contributed by atoms with Gasteiger partial charge in [0, 0.05) is 23.5 Å². The molecular weight excluding hydrogens is 384 g/mol. The molecule has 0 aliphatic carbocycles. The Hall–Kier alpha value is -2.93. The Balaban J connectivity index is 1.58. The van der Waals surface area contributed by atoms with E-state index in [-0.39, 0.29) is 6.10 Å². The zero-order valence-electron chi connectivity index (χ0n) is 17.8. The van der Waals surface area contributed by atoms with E-state index in [1.54, 1.807) is 24.3 Å². The first kappa shape index (κ1) is 21.8. The number of carbonyl (C=O) groups excluding carboxylic acids is 1. The minimum atomic E-state index is -0.547. The normalized spacial score (nSPS) is 16.6. The Morgan fingerprint density at radius 3 is 2.63 bits per heavy atom. The topological polar surface area (TPSA) is 92.0 Å². The van der Waals surface area contributed by atoms with Crippen LogP contribution in [0, 0.1) is 0 Å². The summed E-state index contributed by atoms with van der Waals surface area (Å²) in [6.07, 6.45) is 1.51. The summed E-state index contributed by atoms with van der Waals surface area (Å²) < 4.78 is 22.8. The van der Waals surface area contributed by atoms with Gasteiger partial charge in [-0.3, -0.25) is 5.32 Å². The van der Waals surface area contributed by atoms with Crippen molar-refractivity contribution in [2.45, 2.75) is 51.9 Å². The molecule has 162 valence electrons. The molecule has 1 saturated heterocycles. The molecule has 1 atom stereocenters. The molecule has 1 unspecified atom stereocenters. The van der Waals surface area contributed by atoms with Gasteiger partial charge in [-0.25, -0.2) is 4.79 Å². The predicted molar refractivity (Wildman–Crippen MR) is 116 cm³/mol. The maximum absolute atomic E-state index is 11.9.